The quantitative estimate of drug-likeness (QED) is 0.742. The minimum Gasteiger partial charge on any atom is -0.299 e. The summed E-state index contributed by atoms with van der Waals surface area (Å²) >= 11 is 0. The van der Waals surface area contributed by atoms with E-state index in [2.05, 4.69) is 37.3 Å². The number of allylic oxidation sites excluding steroid dienone is 2. The summed E-state index contributed by atoms with van der Waals surface area (Å²) in [6, 6.07) is 6.85. The van der Waals surface area contributed by atoms with Crippen molar-refractivity contribution < 1.29 is 4.79 Å². The molecule has 1 aromatic rings. The summed E-state index contributed by atoms with van der Waals surface area (Å²) in [7, 11) is 0. The van der Waals surface area contributed by atoms with E-state index in [0.717, 1.165) is 19.3 Å². The molecule has 4 rings (SSSR count). The molecule has 1 fully saturated rings. The van der Waals surface area contributed by atoms with Crippen LogP contribution in [0.15, 0.2) is 30.4 Å². The number of benzene rings is 1. The largest absolute Gasteiger partial charge is 0.299 e. The molecule has 1 heteroatoms. The lowest BCUT2D eigenvalue weighted by Crippen LogP contribution is -2.41. The lowest BCUT2D eigenvalue weighted by atomic mass is 9.63. The number of carbonyl (C=O) groups is 1. The van der Waals surface area contributed by atoms with E-state index in [1.54, 1.807) is 0 Å². The highest BCUT2D eigenvalue weighted by atomic mass is 16.1. The van der Waals surface area contributed by atoms with Gasteiger partial charge < -0.3 is 0 Å². The second-order valence-electron chi connectivity index (χ2n) is 6.98. The van der Waals surface area contributed by atoms with E-state index >= 15 is 0 Å². The normalized spacial score (nSPS) is 34.0. The molecular formula is C19H22O. The van der Waals surface area contributed by atoms with Crippen molar-refractivity contribution >= 4 is 5.78 Å². The first kappa shape index (κ1) is 12.4. The van der Waals surface area contributed by atoms with E-state index in [9.17, 15) is 4.79 Å². The van der Waals surface area contributed by atoms with Gasteiger partial charge in [-0.2, -0.15) is 0 Å². The minimum absolute atomic E-state index is 0.0430. The molecule has 3 aliphatic carbocycles. The zero-order chi connectivity index (χ0) is 13.7. The monoisotopic (exact) mass is 266 g/mol. The van der Waals surface area contributed by atoms with Crippen molar-refractivity contribution in [2.24, 2.45) is 17.3 Å². The van der Waals surface area contributed by atoms with Crippen LogP contribution in [-0.4, -0.2) is 5.78 Å². The van der Waals surface area contributed by atoms with E-state index in [4.69, 9.17) is 0 Å². The molecule has 1 saturated carbocycles. The Bertz CT molecular complexity index is 598. The Hall–Kier alpha value is -1.37. The van der Waals surface area contributed by atoms with Crippen LogP contribution in [0, 0.1) is 17.3 Å². The molecule has 3 atom stereocenters. The van der Waals surface area contributed by atoms with Crippen LogP contribution in [0.1, 0.15) is 42.9 Å². The molecule has 0 heterocycles. The summed E-state index contributed by atoms with van der Waals surface area (Å²) in [5.74, 6) is 1.70. The number of hydrogen-bond donors (Lipinski definition) is 0. The van der Waals surface area contributed by atoms with Crippen molar-refractivity contribution in [2.45, 2.75) is 45.4 Å². The van der Waals surface area contributed by atoms with E-state index in [1.807, 2.05) is 0 Å². The van der Waals surface area contributed by atoms with Crippen molar-refractivity contribution in [1.29, 1.82) is 0 Å². The Kier molecular flexibility index (Phi) is 2.67. The minimum atomic E-state index is -0.0430. The summed E-state index contributed by atoms with van der Waals surface area (Å²) in [6.45, 7) is 2.21. The average Bonchev–Trinajstić information content (AvgIpc) is 3.02. The van der Waals surface area contributed by atoms with Gasteiger partial charge in [-0.1, -0.05) is 43.7 Å². The molecule has 3 aliphatic rings. The predicted octanol–water partition coefficient (Wildman–Crippen LogP) is 3.89. The molecule has 0 amide bonds. The first-order valence-corrected chi connectivity index (χ1v) is 8.03. The first-order valence-electron chi connectivity index (χ1n) is 8.03. The summed E-state index contributed by atoms with van der Waals surface area (Å²) in [4.78, 5) is 12.8. The number of Topliss-reactive ketones (excluding diaryl/α,β-unsaturated/α-hetero) is 1. The summed E-state index contributed by atoms with van der Waals surface area (Å²) in [6.07, 6.45) is 10.9. The Morgan fingerprint density at radius 3 is 2.85 bits per heavy atom. The molecule has 0 N–H and O–H groups in total. The molecule has 3 unspecified atom stereocenters. The number of rotatable bonds is 2. The van der Waals surface area contributed by atoms with E-state index in [1.165, 1.54) is 29.5 Å². The maximum Gasteiger partial charge on any atom is 0.144 e. The van der Waals surface area contributed by atoms with Crippen molar-refractivity contribution in [3.8, 4) is 0 Å². The fourth-order valence-corrected chi connectivity index (χ4v) is 4.73. The first-order chi connectivity index (χ1) is 9.71. The number of aryl methyl sites for hydroxylation is 1. The van der Waals surface area contributed by atoms with Crippen molar-refractivity contribution in [2.75, 3.05) is 0 Å². The van der Waals surface area contributed by atoms with Gasteiger partial charge in [-0.05, 0) is 54.2 Å². The zero-order valence-electron chi connectivity index (χ0n) is 12.2. The number of ketones is 1. The summed E-state index contributed by atoms with van der Waals surface area (Å²) in [5, 5.41) is 0. The van der Waals surface area contributed by atoms with Crippen LogP contribution in [0.3, 0.4) is 0 Å². The van der Waals surface area contributed by atoms with Gasteiger partial charge in [0.2, 0.25) is 0 Å². The average molecular weight is 266 g/mol. The van der Waals surface area contributed by atoms with Gasteiger partial charge in [-0.25, -0.2) is 0 Å². The highest BCUT2D eigenvalue weighted by molar-refractivity contribution is 5.90. The fourth-order valence-electron chi connectivity index (χ4n) is 4.73. The van der Waals surface area contributed by atoms with E-state index < -0.39 is 0 Å². The second-order valence-corrected chi connectivity index (χ2v) is 6.98. The number of carbonyl (C=O) groups excluding carboxylic acids is 1. The van der Waals surface area contributed by atoms with Crippen LogP contribution in [0.25, 0.3) is 0 Å². The third-order valence-electron chi connectivity index (χ3n) is 5.73. The second kappa shape index (κ2) is 4.31. The fraction of sp³-hybridized carbons (Fsp3) is 0.526. The summed E-state index contributed by atoms with van der Waals surface area (Å²) in [5.41, 5.74) is 4.09. The molecule has 0 aromatic heterocycles. The highest BCUT2D eigenvalue weighted by Crippen LogP contribution is 2.56. The Labute approximate surface area is 121 Å². The molecular weight excluding hydrogens is 244 g/mol. The molecule has 104 valence electrons. The molecule has 2 bridgehead atoms. The molecule has 0 aliphatic heterocycles. The van der Waals surface area contributed by atoms with Gasteiger partial charge in [0, 0.05) is 11.8 Å². The standard InChI is InChI=1S/C19H22O/c1-2-3-13-4-6-15-12-19(18(20)10-16(15)8-13)11-14-5-7-17(19)9-14/h4-8,14,17H,2-3,9-12H2,1H3. The van der Waals surface area contributed by atoms with Gasteiger partial charge in [0.1, 0.15) is 5.78 Å². The predicted molar refractivity (Wildman–Crippen MR) is 80.6 cm³/mol. The van der Waals surface area contributed by atoms with Gasteiger partial charge in [-0.3, -0.25) is 4.79 Å². The number of fused-ring (bicyclic) bond motifs is 4. The molecule has 0 saturated heterocycles. The van der Waals surface area contributed by atoms with Crippen LogP contribution in [0.4, 0.5) is 0 Å². The van der Waals surface area contributed by atoms with Gasteiger partial charge in [0.15, 0.2) is 0 Å². The van der Waals surface area contributed by atoms with Crippen LogP contribution < -0.4 is 0 Å². The number of hydrogen-bond acceptors (Lipinski definition) is 1. The van der Waals surface area contributed by atoms with Crippen LogP contribution in [0.2, 0.25) is 0 Å². The summed E-state index contributed by atoms with van der Waals surface area (Å²) < 4.78 is 0. The molecule has 20 heavy (non-hydrogen) atoms. The maximum atomic E-state index is 12.8. The SMILES string of the molecule is CCCc1ccc2c(c1)CC(=O)C1(C2)CC2C=CC1C2. The molecule has 0 radical (unpaired) electrons. The lowest BCUT2D eigenvalue weighted by Gasteiger charge is -2.38. The van der Waals surface area contributed by atoms with Gasteiger partial charge in [0.05, 0.1) is 0 Å². The Morgan fingerprint density at radius 2 is 2.15 bits per heavy atom. The molecule has 1 spiro atoms. The third kappa shape index (κ3) is 1.65. The van der Waals surface area contributed by atoms with Crippen molar-refractivity contribution in [3.05, 3.63) is 47.0 Å². The zero-order valence-corrected chi connectivity index (χ0v) is 12.2. The topological polar surface area (TPSA) is 17.1 Å². The third-order valence-corrected chi connectivity index (χ3v) is 5.73. The van der Waals surface area contributed by atoms with Crippen molar-refractivity contribution in [3.63, 3.8) is 0 Å². The van der Waals surface area contributed by atoms with E-state index in [0.29, 0.717) is 24.0 Å². The molecule has 1 aromatic carbocycles. The van der Waals surface area contributed by atoms with Crippen molar-refractivity contribution in [1.82, 2.24) is 0 Å². The van der Waals surface area contributed by atoms with Crippen LogP contribution >= 0.6 is 0 Å². The maximum absolute atomic E-state index is 12.8. The Morgan fingerprint density at radius 1 is 1.25 bits per heavy atom. The van der Waals surface area contributed by atoms with E-state index in [-0.39, 0.29) is 5.41 Å². The van der Waals surface area contributed by atoms with Gasteiger partial charge in [0.25, 0.3) is 0 Å². The molecule has 1 nitrogen and oxygen atoms in total. The lowest BCUT2D eigenvalue weighted by molar-refractivity contribution is -0.130. The Balaban J connectivity index is 1.70. The highest BCUT2D eigenvalue weighted by Gasteiger charge is 2.54. The smallest absolute Gasteiger partial charge is 0.144 e. The van der Waals surface area contributed by atoms with Gasteiger partial charge >= 0.3 is 0 Å². The van der Waals surface area contributed by atoms with Crippen LogP contribution in [0.5, 0.6) is 0 Å². The van der Waals surface area contributed by atoms with Gasteiger partial charge in [-0.15, -0.1) is 0 Å². The van der Waals surface area contributed by atoms with Crippen LogP contribution in [-0.2, 0) is 24.1 Å².